The van der Waals surface area contributed by atoms with Gasteiger partial charge in [-0.3, -0.25) is 0 Å². The number of piperidine rings is 1. The maximum absolute atomic E-state index is 6.41. The number of rotatable bonds is 4. The summed E-state index contributed by atoms with van der Waals surface area (Å²) in [6.45, 7) is 5.79. The van der Waals surface area contributed by atoms with Gasteiger partial charge < -0.3 is 9.80 Å². The monoisotopic (exact) mass is 344 g/mol. The minimum atomic E-state index is 0.598. The Labute approximate surface area is 129 Å². The molecule has 19 heavy (non-hydrogen) atoms. The second kappa shape index (κ2) is 6.96. The van der Waals surface area contributed by atoms with Crippen LogP contribution in [0.5, 0.6) is 0 Å². The molecule has 1 saturated heterocycles. The summed E-state index contributed by atoms with van der Waals surface area (Å²) in [5, 5.41) is 1.71. The molecule has 0 spiro atoms. The standard InChI is InChI=1S/C15H22BrClN2/c1-3-19-9-7-13(8-10-19)18(2)15-12(11-16)5-4-6-14(15)17/h4-6,13H,3,7-11H2,1-2H3. The Hall–Kier alpha value is -0.250. The third-order valence-electron chi connectivity index (χ3n) is 4.12. The molecule has 0 radical (unpaired) electrons. The van der Waals surface area contributed by atoms with Crippen LogP contribution in [0.25, 0.3) is 0 Å². The van der Waals surface area contributed by atoms with Gasteiger partial charge in [0.2, 0.25) is 0 Å². The van der Waals surface area contributed by atoms with E-state index in [0.29, 0.717) is 6.04 Å². The highest BCUT2D eigenvalue weighted by atomic mass is 79.9. The fourth-order valence-corrected chi connectivity index (χ4v) is 3.65. The van der Waals surface area contributed by atoms with Crippen molar-refractivity contribution >= 4 is 33.2 Å². The van der Waals surface area contributed by atoms with E-state index < -0.39 is 0 Å². The molecule has 1 aromatic carbocycles. The van der Waals surface area contributed by atoms with Crippen molar-refractivity contribution in [2.45, 2.75) is 31.1 Å². The van der Waals surface area contributed by atoms with Gasteiger partial charge in [0.1, 0.15) is 0 Å². The average Bonchev–Trinajstić information content (AvgIpc) is 2.46. The predicted molar refractivity (Wildman–Crippen MR) is 87.6 cm³/mol. The fraction of sp³-hybridized carbons (Fsp3) is 0.600. The minimum Gasteiger partial charge on any atom is -0.370 e. The van der Waals surface area contributed by atoms with E-state index in [0.717, 1.165) is 16.9 Å². The molecule has 0 N–H and O–H groups in total. The van der Waals surface area contributed by atoms with Gasteiger partial charge in [0, 0.05) is 31.5 Å². The molecule has 1 aliphatic heterocycles. The molecule has 1 fully saturated rings. The first kappa shape index (κ1) is 15.1. The molecule has 4 heteroatoms. The SMILES string of the molecule is CCN1CCC(N(C)c2c(Cl)cccc2CBr)CC1. The lowest BCUT2D eigenvalue weighted by atomic mass is 10.0. The summed E-state index contributed by atoms with van der Waals surface area (Å²) in [6.07, 6.45) is 2.44. The van der Waals surface area contributed by atoms with E-state index in [1.54, 1.807) is 0 Å². The molecule has 1 heterocycles. The van der Waals surface area contributed by atoms with Crippen molar-refractivity contribution in [1.82, 2.24) is 4.90 Å². The van der Waals surface area contributed by atoms with Crippen LogP contribution in [0.15, 0.2) is 18.2 Å². The first-order valence-corrected chi connectivity index (χ1v) is 8.45. The van der Waals surface area contributed by atoms with Crippen LogP contribution in [0.2, 0.25) is 5.02 Å². The molecular weight excluding hydrogens is 324 g/mol. The normalized spacial score (nSPS) is 17.7. The third-order valence-corrected chi connectivity index (χ3v) is 5.03. The largest absolute Gasteiger partial charge is 0.370 e. The Bertz CT molecular complexity index is 417. The second-order valence-corrected chi connectivity index (χ2v) is 6.13. The maximum atomic E-state index is 6.41. The average molecular weight is 346 g/mol. The van der Waals surface area contributed by atoms with Crippen molar-refractivity contribution in [1.29, 1.82) is 0 Å². The van der Waals surface area contributed by atoms with Crippen LogP contribution in [0.4, 0.5) is 5.69 Å². The van der Waals surface area contributed by atoms with E-state index in [1.165, 1.54) is 37.2 Å². The predicted octanol–water partition coefficient (Wildman–Crippen LogP) is 4.16. The van der Waals surface area contributed by atoms with Crippen LogP contribution in [-0.2, 0) is 5.33 Å². The molecule has 0 amide bonds. The lowest BCUT2D eigenvalue weighted by Gasteiger charge is -2.38. The van der Waals surface area contributed by atoms with Crippen molar-refractivity contribution in [2.24, 2.45) is 0 Å². The van der Waals surface area contributed by atoms with Crippen molar-refractivity contribution in [3.8, 4) is 0 Å². The number of likely N-dealkylation sites (tertiary alicyclic amines) is 1. The van der Waals surface area contributed by atoms with E-state index in [-0.39, 0.29) is 0 Å². The van der Waals surface area contributed by atoms with Gasteiger partial charge >= 0.3 is 0 Å². The first-order valence-electron chi connectivity index (χ1n) is 6.96. The second-order valence-electron chi connectivity index (χ2n) is 5.16. The molecule has 0 unspecified atom stereocenters. The molecule has 2 rings (SSSR count). The molecule has 106 valence electrons. The summed E-state index contributed by atoms with van der Waals surface area (Å²) in [5.41, 5.74) is 2.46. The van der Waals surface area contributed by atoms with Gasteiger partial charge in [-0.2, -0.15) is 0 Å². The van der Waals surface area contributed by atoms with Crippen LogP contribution in [0, 0.1) is 0 Å². The molecule has 0 bridgehead atoms. The van der Waals surface area contributed by atoms with Crippen LogP contribution < -0.4 is 4.90 Å². The van der Waals surface area contributed by atoms with Crippen molar-refractivity contribution in [3.05, 3.63) is 28.8 Å². The van der Waals surface area contributed by atoms with E-state index >= 15 is 0 Å². The first-order chi connectivity index (χ1) is 9.17. The fourth-order valence-electron chi connectivity index (χ4n) is 2.87. The number of halogens is 2. The zero-order valence-corrected chi connectivity index (χ0v) is 14.0. The van der Waals surface area contributed by atoms with Gasteiger partial charge in [-0.25, -0.2) is 0 Å². The molecule has 0 aromatic heterocycles. The van der Waals surface area contributed by atoms with Gasteiger partial charge in [-0.1, -0.05) is 46.6 Å². The molecule has 2 nitrogen and oxygen atoms in total. The summed E-state index contributed by atoms with van der Waals surface area (Å²) in [7, 11) is 2.18. The molecule has 1 aliphatic rings. The van der Waals surface area contributed by atoms with Gasteiger partial charge in [0.05, 0.1) is 10.7 Å². The number of anilines is 1. The molecular formula is C15H22BrClN2. The number of benzene rings is 1. The Morgan fingerprint density at radius 2 is 2.05 bits per heavy atom. The third kappa shape index (κ3) is 3.45. The minimum absolute atomic E-state index is 0.598. The number of hydrogen-bond donors (Lipinski definition) is 0. The number of hydrogen-bond acceptors (Lipinski definition) is 2. The smallest absolute Gasteiger partial charge is 0.0642 e. The molecule has 0 atom stereocenters. The summed E-state index contributed by atoms with van der Waals surface area (Å²) in [4.78, 5) is 4.90. The topological polar surface area (TPSA) is 6.48 Å². The van der Waals surface area contributed by atoms with Crippen molar-refractivity contribution in [2.75, 3.05) is 31.6 Å². The van der Waals surface area contributed by atoms with Crippen molar-refractivity contribution in [3.63, 3.8) is 0 Å². The van der Waals surface area contributed by atoms with E-state index in [9.17, 15) is 0 Å². The summed E-state index contributed by atoms with van der Waals surface area (Å²) < 4.78 is 0. The Balaban J connectivity index is 2.14. The van der Waals surface area contributed by atoms with Gasteiger partial charge in [0.25, 0.3) is 0 Å². The molecule has 0 saturated carbocycles. The van der Waals surface area contributed by atoms with Crippen LogP contribution >= 0.6 is 27.5 Å². The Kier molecular flexibility index (Phi) is 5.55. The summed E-state index contributed by atoms with van der Waals surface area (Å²) >= 11 is 9.97. The highest BCUT2D eigenvalue weighted by Crippen LogP contribution is 2.33. The van der Waals surface area contributed by atoms with Crippen LogP contribution in [0.3, 0.4) is 0 Å². The van der Waals surface area contributed by atoms with E-state index in [1.807, 2.05) is 12.1 Å². The quantitative estimate of drug-likeness (QED) is 0.756. The lowest BCUT2D eigenvalue weighted by Crippen LogP contribution is -2.43. The lowest BCUT2D eigenvalue weighted by molar-refractivity contribution is 0.221. The van der Waals surface area contributed by atoms with Crippen LogP contribution in [0.1, 0.15) is 25.3 Å². The number of para-hydroxylation sites is 1. The Morgan fingerprint density at radius 1 is 1.37 bits per heavy atom. The van der Waals surface area contributed by atoms with E-state index in [4.69, 9.17) is 11.6 Å². The van der Waals surface area contributed by atoms with Gasteiger partial charge in [0.15, 0.2) is 0 Å². The Morgan fingerprint density at radius 3 is 2.63 bits per heavy atom. The van der Waals surface area contributed by atoms with E-state index in [2.05, 4.69) is 45.8 Å². The molecule has 0 aliphatic carbocycles. The number of nitrogens with zero attached hydrogens (tertiary/aromatic N) is 2. The highest BCUT2D eigenvalue weighted by Gasteiger charge is 2.24. The highest BCUT2D eigenvalue weighted by molar-refractivity contribution is 9.08. The zero-order valence-electron chi connectivity index (χ0n) is 11.7. The van der Waals surface area contributed by atoms with Crippen molar-refractivity contribution < 1.29 is 0 Å². The zero-order chi connectivity index (χ0) is 13.8. The number of alkyl halides is 1. The maximum Gasteiger partial charge on any atom is 0.0642 e. The summed E-state index contributed by atoms with van der Waals surface area (Å²) in [5.74, 6) is 0. The molecule has 1 aromatic rings. The van der Waals surface area contributed by atoms with Crippen LogP contribution in [-0.4, -0.2) is 37.6 Å². The summed E-state index contributed by atoms with van der Waals surface area (Å²) in [6, 6.07) is 6.75. The van der Waals surface area contributed by atoms with Gasteiger partial charge in [-0.15, -0.1) is 0 Å². The van der Waals surface area contributed by atoms with Gasteiger partial charge in [-0.05, 0) is 31.0 Å².